The van der Waals surface area contributed by atoms with Gasteiger partial charge in [-0.1, -0.05) is 0 Å². The molecule has 2 rings (SSSR count). The summed E-state index contributed by atoms with van der Waals surface area (Å²) in [6.07, 6.45) is 0.586. The minimum atomic E-state index is 0.293. The van der Waals surface area contributed by atoms with Gasteiger partial charge in [-0.2, -0.15) is 0 Å². The number of nitrogens with zero attached hydrogens (tertiary/aromatic N) is 1. The number of hydrogen-bond acceptors (Lipinski definition) is 3. The van der Waals surface area contributed by atoms with Crippen LogP contribution in [0, 0.1) is 6.92 Å². The van der Waals surface area contributed by atoms with Gasteiger partial charge in [0.2, 0.25) is 0 Å². The molecule has 1 heterocycles. The Labute approximate surface area is 97.2 Å². The zero-order chi connectivity index (χ0) is 11.7. The highest BCUT2D eigenvalue weighted by Gasteiger charge is 2.22. The van der Waals surface area contributed by atoms with Crippen LogP contribution in [0.1, 0.15) is 19.4 Å². The van der Waals surface area contributed by atoms with Crippen molar-refractivity contribution in [2.75, 3.05) is 23.7 Å². The van der Waals surface area contributed by atoms with E-state index in [1.807, 2.05) is 13.0 Å². The summed E-state index contributed by atoms with van der Waals surface area (Å²) in [5.41, 5.74) is 9.08. The largest absolute Gasteiger partial charge is 0.399 e. The summed E-state index contributed by atoms with van der Waals surface area (Å²) in [6.45, 7) is 8.19. The number of benzene rings is 1. The second kappa shape index (κ2) is 4.34. The summed E-state index contributed by atoms with van der Waals surface area (Å²) in [6, 6.07) is 6.22. The summed E-state index contributed by atoms with van der Waals surface area (Å²) in [5, 5.41) is 0. The zero-order valence-corrected chi connectivity index (χ0v) is 10.2. The van der Waals surface area contributed by atoms with Crippen LogP contribution < -0.4 is 10.6 Å². The van der Waals surface area contributed by atoms with Crippen molar-refractivity contribution in [2.24, 2.45) is 0 Å². The third-order valence-corrected chi connectivity index (χ3v) is 3.04. The number of morpholine rings is 1. The molecule has 0 aromatic heterocycles. The second-order valence-corrected chi connectivity index (χ2v) is 4.70. The monoisotopic (exact) mass is 220 g/mol. The fourth-order valence-corrected chi connectivity index (χ4v) is 2.25. The van der Waals surface area contributed by atoms with Gasteiger partial charge >= 0.3 is 0 Å². The predicted octanol–water partition coefficient (Wildman–Crippen LogP) is 2.19. The lowest BCUT2D eigenvalue weighted by atomic mass is 10.1. The van der Waals surface area contributed by atoms with Gasteiger partial charge in [0.05, 0.1) is 12.2 Å². The van der Waals surface area contributed by atoms with Crippen LogP contribution in [0.4, 0.5) is 11.4 Å². The second-order valence-electron chi connectivity index (χ2n) is 4.70. The van der Waals surface area contributed by atoms with Crippen LogP contribution in [0.2, 0.25) is 0 Å². The van der Waals surface area contributed by atoms with Crippen molar-refractivity contribution in [3.8, 4) is 0 Å². The van der Waals surface area contributed by atoms with Crippen molar-refractivity contribution in [3.05, 3.63) is 23.8 Å². The first kappa shape index (κ1) is 11.3. The van der Waals surface area contributed by atoms with Gasteiger partial charge in [0.15, 0.2) is 0 Å². The maximum atomic E-state index is 5.83. The van der Waals surface area contributed by atoms with Crippen LogP contribution in [-0.4, -0.2) is 25.3 Å². The van der Waals surface area contributed by atoms with E-state index in [-0.39, 0.29) is 0 Å². The molecule has 1 aliphatic heterocycles. The van der Waals surface area contributed by atoms with Crippen molar-refractivity contribution in [2.45, 2.75) is 33.0 Å². The molecule has 1 aromatic rings. The highest BCUT2D eigenvalue weighted by molar-refractivity contribution is 5.58. The van der Waals surface area contributed by atoms with E-state index < -0.39 is 0 Å². The Morgan fingerprint density at radius 2 is 1.88 bits per heavy atom. The van der Waals surface area contributed by atoms with E-state index in [1.165, 1.54) is 5.69 Å². The van der Waals surface area contributed by atoms with Crippen molar-refractivity contribution < 1.29 is 4.74 Å². The van der Waals surface area contributed by atoms with Gasteiger partial charge in [-0.3, -0.25) is 0 Å². The SMILES string of the molecule is Cc1cc(N2C[C@@H](C)O[C@@H](C)C2)ccc1N. The number of nitrogens with two attached hydrogens (primary N) is 1. The molecule has 2 N–H and O–H groups in total. The quantitative estimate of drug-likeness (QED) is 0.737. The fourth-order valence-electron chi connectivity index (χ4n) is 2.25. The van der Waals surface area contributed by atoms with Crippen LogP contribution in [0.15, 0.2) is 18.2 Å². The lowest BCUT2D eigenvalue weighted by Gasteiger charge is -2.37. The lowest BCUT2D eigenvalue weighted by molar-refractivity contribution is -0.00521. The summed E-state index contributed by atoms with van der Waals surface area (Å²) >= 11 is 0. The van der Waals surface area contributed by atoms with Crippen molar-refractivity contribution in [3.63, 3.8) is 0 Å². The van der Waals surface area contributed by atoms with Gasteiger partial charge in [0.1, 0.15) is 0 Å². The minimum absolute atomic E-state index is 0.293. The van der Waals surface area contributed by atoms with Gasteiger partial charge in [-0.25, -0.2) is 0 Å². The number of anilines is 2. The van der Waals surface area contributed by atoms with E-state index >= 15 is 0 Å². The zero-order valence-electron chi connectivity index (χ0n) is 10.2. The minimum Gasteiger partial charge on any atom is -0.399 e. The van der Waals surface area contributed by atoms with E-state index in [0.29, 0.717) is 12.2 Å². The first-order valence-electron chi connectivity index (χ1n) is 5.83. The maximum Gasteiger partial charge on any atom is 0.0726 e. The molecular formula is C13H20N2O. The molecule has 2 atom stereocenters. The van der Waals surface area contributed by atoms with Crippen LogP contribution in [0.25, 0.3) is 0 Å². The number of hydrogen-bond donors (Lipinski definition) is 1. The molecule has 0 unspecified atom stereocenters. The molecule has 1 fully saturated rings. The number of rotatable bonds is 1. The Morgan fingerprint density at radius 1 is 1.25 bits per heavy atom. The molecule has 1 saturated heterocycles. The normalized spacial score (nSPS) is 25.8. The Hall–Kier alpha value is -1.22. The molecule has 3 heteroatoms. The van der Waals surface area contributed by atoms with Gasteiger partial charge in [0.25, 0.3) is 0 Å². The first-order valence-corrected chi connectivity index (χ1v) is 5.83. The van der Waals surface area contributed by atoms with E-state index in [4.69, 9.17) is 10.5 Å². The van der Waals surface area contributed by atoms with E-state index in [2.05, 4.69) is 30.9 Å². The van der Waals surface area contributed by atoms with Crippen molar-refractivity contribution >= 4 is 11.4 Å². The average Bonchev–Trinajstić information content (AvgIpc) is 2.20. The van der Waals surface area contributed by atoms with Gasteiger partial charge in [-0.15, -0.1) is 0 Å². The molecule has 88 valence electrons. The molecule has 3 nitrogen and oxygen atoms in total. The first-order chi connectivity index (χ1) is 7.56. The van der Waals surface area contributed by atoms with Crippen LogP contribution >= 0.6 is 0 Å². The summed E-state index contributed by atoms with van der Waals surface area (Å²) < 4.78 is 5.73. The molecule has 0 amide bonds. The number of aryl methyl sites for hydroxylation is 1. The molecule has 0 spiro atoms. The molecule has 0 radical (unpaired) electrons. The smallest absolute Gasteiger partial charge is 0.0726 e. The topological polar surface area (TPSA) is 38.5 Å². The Kier molecular flexibility index (Phi) is 3.06. The summed E-state index contributed by atoms with van der Waals surface area (Å²) in [5.74, 6) is 0. The Morgan fingerprint density at radius 3 is 2.44 bits per heavy atom. The number of ether oxygens (including phenoxy) is 1. The highest BCUT2D eigenvalue weighted by Crippen LogP contribution is 2.23. The maximum absolute atomic E-state index is 5.83. The fraction of sp³-hybridized carbons (Fsp3) is 0.538. The predicted molar refractivity (Wildman–Crippen MR) is 67.8 cm³/mol. The van der Waals surface area contributed by atoms with Crippen LogP contribution in [0.5, 0.6) is 0 Å². The molecule has 16 heavy (non-hydrogen) atoms. The van der Waals surface area contributed by atoms with Crippen LogP contribution in [0.3, 0.4) is 0 Å². The highest BCUT2D eigenvalue weighted by atomic mass is 16.5. The Bertz CT molecular complexity index is 368. The third kappa shape index (κ3) is 2.30. The van der Waals surface area contributed by atoms with E-state index in [1.54, 1.807) is 0 Å². The van der Waals surface area contributed by atoms with E-state index in [9.17, 15) is 0 Å². The lowest BCUT2D eigenvalue weighted by Crippen LogP contribution is -2.45. The van der Waals surface area contributed by atoms with Crippen LogP contribution in [-0.2, 0) is 4.74 Å². The van der Waals surface area contributed by atoms with Gasteiger partial charge in [-0.05, 0) is 44.5 Å². The Balaban J connectivity index is 2.19. The van der Waals surface area contributed by atoms with Crippen molar-refractivity contribution in [1.82, 2.24) is 0 Å². The van der Waals surface area contributed by atoms with E-state index in [0.717, 1.165) is 24.3 Å². The van der Waals surface area contributed by atoms with Crippen molar-refractivity contribution in [1.29, 1.82) is 0 Å². The molecule has 0 bridgehead atoms. The average molecular weight is 220 g/mol. The molecular weight excluding hydrogens is 200 g/mol. The summed E-state index contributed by atoms with van der Waals surface area (Å²) in [4.78, 5) is 2.37. The molecule has 1 aliphatic rings. The number of nitrogen functional groups attached to an aromatic ring is 1. The molecule has 1 aromatic carbocycles. The molecule has 0 saturated carbocycles. The van der Waals surface area contributed by atoms with Gasteiger partial charge in [0, 0.05) is 24.5 Å². The third-order valence-electron chi connectivity index (χ3n) is 3.04. The molecule has 0 aliphatic carbocycles. The summed E-state index contributed by atoms with van der Waals surface area (Å²) in [7, 11) is 0. The van der Waals surface area contributed by atoms with Gasteiger partial charge < -0.3 is 15.4 Å². The standard InChI is InChI=1S/C13H20N2O/c1-9-6-12(4-5-13(9)14)15-7-10(2)16-11(3)8-15/h4-6,10-11H,7-8,14H2,1-3H3/t10-,11+.